The summed E-state index contributed by atoms with van der Waals surface area (Å²) in [5.41, 5.74) is 0.497. The third-order valence-electron chi connectivity index (χ3n) is 2.72. The van der Waals surface area contributed by atoms with Crippen LogP contribution in [0.25, 0.3) is 0 Å². The van der Waals surface area contributed by atoms with Crippen molar-refractivity contribution in [1.29, 1.82) is 0 Å². The second kappa shape index (κ2) is 5.71. The Balaban J connectivity index is 2.44. The second-order valence-corrected chi connectivity index (χ2v) is 6.79. The van der Waals surface area contributed by atoms with Gasteiger partial charge in [-0.3, -0.25) is 10.1 Å². The maximum atomic E-state index is 11.5. The molecule has 0 aromatic heterocycles. The van der Waals surface area contributed by atoms with Crippen LogP contribution < -0.4 is 5.32 Å². The van der Waals surface area contributed by atoms with Crippen LogP contribution in [0.5, 0.6) is 0 Å². The smallest absolute Gasteiger partial charge is 0.293 e. The predicted octanol–water partition coefficient (Wildman–Crippen LogP) is 3.40. The molecular weight excluding hydrogens is 316 g/mol. The Labute approximate surface area is 126 Å². The van der Waals surface area contributed by atoms with E-state index in [-0.39, 0.29) is 16.3 Å². The molecule has 0 fully saturated rings. The van der Waals surface area contributed by atoms with E-state index in [1.54, 1.807) is 24.3 Å². The van der Waals surface area contributed by atoms with Gasteiger partial charge in [0.25, 0.3) is 5.69 Å². The fourth-order valence-electron chi connectivity index (χ4n) is 1.69. The van der Waals surface area contributed by atoms with E-state index < -0.39 is 14.8 Å². The van der Waals surface area contributed by atoms with Crippen molar-refractivity contribution in [2.45, 2.75) is 4.90 Å². The van der Waals surface area contributed by atoms with Crippen LogP contribution in [-0.4, -0.2) is 19.6 Å². The zero-order valence-electron chi connectivity index (χ0n) is 10.9. The highest BCUT2D eigenvalue weighted by Gasteiger charge is 2.18. The van der Waals surface area contributed by atoms with Crippen molar-refractivity contribution in [3.63, 3.8) is 0 Å². The summed E-state index contributed by atoms with van der Waals surface area (Å²) >= 11 is 5.76. The summed E-state index contributed by atoms with van der Waals surface area (Å²) < 4.78 is 22.9. The molecule has 0 unspecified atom stereocenters. The molecule has 0 radical (unpaired) electrons. The Morgan fingerprint density at radius 3 is 2.29 bits per heavy atom. The molecule has 1 N–H and O–H groups in total. The molecule has 8 heteroatoms. The van der Waals surface area contributed by atoms with Gasteiger partial charge >= 0.3 is 0 Å². The average Bonchev–Trinajstić information content (AvgIpc) is 2.40. The van der Waals surface area contributed by atoms with Crippen LogP contribution in [0.1, 0.15) is 0 Å². The Hall–Kier alpha value is -2.12. The molecule has 0 aliphatic heterocycles. The molecule has 0 saturated heterocycles. The lowest BCUT2D eigenvalue weighted by Crippen LogP contribution is -2.01. The van der Waals surface area contributed by atoms with Gasteiger partial charge in [-0.25, -0.2) is 8.42 Å². The minimum atomic E-state index is -3.50. The summed E-state index contributed by atoms with van der Waals surface area (Å²) in [5.74, 6) is 0. The van der Waals surface area contributed by atoms with E-state index in [4.69, 9.17) is 11.6 Å². The van der Waals surface area contributed by atoms with Gasteiger partial charge in [0.05, 0.1) is 9.82 Å². The van der Waals surface area contributed by atoms with Crippen LogP contribution in [0.3, 0.4) is 0 Å². The third kappa shape index (κ3) is 3.71. The maximum absolute atomic E-state index is 11.5. The van der Waals surface area contributed by atoms with Crippen LogP contribution >= 0.6 is 11.6 Å². The molecule has 2 rings (SSSR count). The lowest BCUT2D eigenvalue weighted by molar-refractivity contribution is -0.384. The first kappa shape index (κ1) is 15.3. The number of anilines is 2. The van der Waals surface area contributed by atoms with Gasteiger partial charge in [0, 0.05) is 23.0 Å². The Morgan fingerprint density at radius 2 is 1.76 bits per heavy atom. The second-order valence-electron chi connectivity index (χ2n) is 4.34. The minimum Gasteiger partial charge on any atom is -0.350 e. The van der Waals surface area contributed by atoms with Gasteiger partial charge < -0.3 is 5.32 Å². The summed E-state index contributed by atoms with van der Waals surface area (Å²) in [4.78, 5) is 10.4. The summed E-state index contributed by atoms with van der Waals surface area (Å²) in [7, 11) is -3.50. The van der Waals surface area contributed by atoms with Gasteiger partial charge in [-0.15, -0.1) is 0 Å². The van der Waals surface area contributed by atoms with Crippen molar-refractivity contribution in [2.75, 3.05) is 11.6 Å². The van der Waals surface area contributed by atoms with Gasteiger partial charge in [-0.2, -0.15) is 0 Å². The molecule has 2 aromatic rings. The zero-order chi connectivity index (χ0) is 15.6. The monoisotopic (exact) mass is 326 g/mol. The van der Waals surface area contributed by atoms with E-state index >= 15 is 0 Å². The van der Waals surface area contributed by atoms with Crippen LogP contribution in [0, 0.1) is 10.1 Å². The molecule has 0 aliphatic rings. The summed E-state index contributed by atoms with van der Waals surface area (Å²) in [6.45, 7) is 0. The molecule has 0 saturated carbocycles. The zero-order valence-corrected chi connectivity index (χ0v) is 12.5. The van der Waals surface area contributed by atoms with E-state index in [0.29, 0.717) is 10.7 Å². The number of rotatable bonds is 4. The van der Waals surface area contributed by atoms with E-state index in [1.165, 1.54) is 12.1 Å². The van der Waals surface area contributed by atoms with Crippen molar-refractivity contribution in [3.05, 3.63) is 57.6 Å². The largest absolute Gasteiger partial charge is 0.350 e. The summed E-state index contributed by atoms with van der Waals surface area (Å²) in [5, 5.41) is 14.5. The SMILES string of the molecule is CS(=O)(=O)c1ccc(Nc2ccc(Cl)cc2)c([N+](=O)[O-])c1. The molecule has 0 aliphatic carbocycles. The molecular formula is C13H11ClN2O4S. The normalized spacial score (nSPS) is 11.1. The summed E-state index contributed by atoms with van der Waals surface area (Å²) in [6.07, 6.45) is 0.998. The predicted molar refractivity (Wildman–Crippen MR) is 80.9 cm³/mol. The molecule has 0 spiro atoms. The van der Waals surface area contributed by atoms with E-state index in [1.807, 2.05) is 0 Å². The lowest BCUT2D eigenvalue weighted by atomic mass is 10.2. The first-order valence-corrected chi connectivity index (χ1v) is 8.05. The van der Waals surface area contributed by atoms with Crippen molar-refractivity contribution in [3.8, 4) is 0 Å². The van der Waals surface area contributed by atoms with E-state index in [9.17, 15) is 18.5 Å². The van der Waals surface area contributed by atoms with Gasteiger partial charge in [0.1, 0.15) is 5.69 Å². The van der Waals surface area contributed by atoms with E-state index in [0.717, 1.165) is 12.3 Å². The van der Waals surface area contributed by atoms with Crippen molar-refractivity contribution < 1.29 is 13.3 Å². The molecule has 2 aromatic carbocycles. The number of nitro groups is 1. The van der Waals surface area contributed by atoms with Crippen LogP contribution in [0.4, 0.5) is 17.1 Å². The van der Waals surface area contributed by atoms with Crippen molar-refractivity contribution >= 4 is 38.5 Å². The van der Waals surface area contributed by atoms with Crippen LogP contribution in [0.15, 0.2) is 47.4 Å². The molecule has 21 heavy (non-hydrogen) atoms. The number of halogens is 1. The van der Waals surface area contributed by atoms with Crippen molar-refractivity contribution in [1.82, 2.24) is 0 Å². The molecule has 0 atom stereocenters. The Bertz CT molecular complexity index is 788. The first-order valence-electron chi connectivity index (χ1n) is 5.78. The Morgan fingerprint density at radius 1 is 1.14 bits per heavy atom. The van der Waals surface area contributed by atoms with Gasteiger partial charge in [-0.05, 0) is 36.4 Å². The highest BCUT2D eigenvalue weighted by molar-refractivity contribution is 7.90. The number of hydrogen-bond donors (Lipinski definition) is 1. The quantitative estimate of drug-likeness (QED) is 0.687. The lowest BCUT2D eigenvalue weighted by Gasteiger charge is -2.08. The number of benzene rings is 2. The number of hydrogen-bond acceptors (Lipinski definition) is 5. The summed E-state index contributed by atoms with van der Waals surface area (Å²) in [6, 6.07) is 10.3. The molecule has 110 valence electrons. The number of nitrogens with one attached hydrogen (secondary N) is 1. The average molecular weight is 327 g/mol. The highest BCUT2D eigenvalue weighted by atomic mass is 35.5. The standard InChI is InChI=1S/C13H11ClN2O4S/c1-21(19,20)11-6-7-12(13(8-11)16(17)18)15-10-4-2-9(14)3-5-10/h2-8,15H,1H3. The number of nitro benzene ring substituents is 1. The van der Waals surface area contributed by atoms with Crippen molar-refractivity contribution in [2.24, 2.45) is 0 Å². The van der Waals surface area contributed by atoms with Gasteiger partial charge in [0.2, 0.25) is 0 Å². The fourth-order valence-corrected chi connectivity index (χ4v) is 2.45. The fraction of sp³-hybridized carbons (Fsp3) is 0.0769. The molecule has 0 bridgehead atoms. The Kier molecular flexibility index (Phi) is 4.15. The van der Waals surface area contributed by atoms with Gasteiger partial charge in [0.15, 0.2) is 9.84 Å². The van der Waals surface area contributed by atoms with E-state index in [2.05, 4.69) is 5.32 Å². The van der Waals surface area contributed by atoms with Gasteiger partial charge in [-0.1, -0.05) is 11.6 Å². The topological polar surface area (TPSA) is 89.3 Å². The minimum absolute atomic E-state index is 0.101. The van der Waals surface area contributed by atoms with Crippen LogP contribution in [-0.2, 0) is 9.84 Å². The number of nitrogens with zero attached hydrogens (tertiary/aromatic N) is 1. The molecule has 6 nitrogen and oxygen atoms in total. The van der Waals surface area contributed by atoms with Crippen LogP contribution in [0.2, 0.25) is 5.02 Å². The first-order chi connectivity index (χ1) is 9.77. The number of sulfone groups is 1. The third-order valence-corrected chi connectivity index (χ3v) is 4.08. The molecule has 0 heterocycles. The molecule has 0 amide bonds. The maximum Gasteiger partial charge on any atom is 0.293 e. The highest BCUT2D eigenvalue weighted by Crippen LogP contribution is 2.30.